The molecule has 206 valence electrons. The number of aliphatic imine (C=N–C) groups is 1. The first kappa shape index (κ1) is 27.8. The molecule has 0 radical (unpaired) electrons. The summed E-state index contributed by atoms with van der Waals surface area (Å²) in [7, 11) is -0.487. The number of amides is 3. The summed E-state index contributed by atoms with van der Waals surface area (Å²) in [6.45, 7) is 13.8. The number of carbonyl (C=O) groups excluding carboxylic acids is 2. The summed E-state index contributed by atoms with van der Waals surface area (Å²) < 4.78 is 8.14. The second-order valence-corrected chi connectivity index (χ2v) is 15.9. The fraction of sp³-hybridized carbons (Fsp3) is 0.538. The summed E-state index contributed by atoms with van der Waals surface area (Å²) in [4.78, 5) is 37.5. The summed E-state index contributed by atoms with van der Waals surface area (Å²) in [6.07, 6.45) is 1.79. The number of hydroxylamine groups is 3. The van der Waals surface area contributed by atoms with Crippen molar-refractivity contribution < 1.29 is 19.0 Å². The van der Waals surface area contributed by atoms with Crippen molar-refractivity contribution in [1.29, 1.82) is 0 Å². The molecule has 2 aliphatic rings. The quantitative estimate of drug-likeness (QED) is 0.217. The van der Waals surface area contributed by atoms with Gasteiger partial charge in [0.15, 0.2) is 0 Å². The van der Waals surface area contributed by atoms with Crippen LogP contribution in [0.3, 0.4) is 0 Å². The zero-order valence-electron chi connectivity index (χ0n) is 23.3. The Morgan fingerprint density at radius 3 is 2.58 bits per heavy atom. The van der Waals surface area contributed by atoms with E-state index in [4.69, 9.17) is 9.36 Å². The first-order valence-electron chi connectivity index (χ1n) is 12.9. The van der Waals surface area contributed by atoms with E-state index in [0.717, 1.165) is 16.8 Å². The molecule has 1 fully saturated rings. The van der Waals surface area contributed by atoms with Gasteiger partial charge in [0.05, 0.1) is 25.0 Å². The minimum absolute atomic E-state index is 0.0205. The predicted octanol–water partition coefficient (Wildman–Crippen LogP) is 3.54. The summed E-state index contributed by atoms with van der Waals surface area (Å²) in [5.74, 6) is 0.413. The minimum atomic E-state index is -2.17. The van der Waals surface area contributed by atoms with E-state index in [1.807, 2.05) is 35.0 Å². The van der Waals surface area contributed by atoms with Gasteiger partial charge in [0.25, 0.3) is 0 Å². The van der Waals surface area contributed by atoms with E-state index in [1.165, 1.54) is 12.0 Å². The van der Waals surface area contributed by atoms with Gasteiger partial charge in [0, 0.05) is 26.1 Å². The maximum absolute atomic E-state index is 13.7. The van der Waals surface area contributed by atoms with E-state index in [2.05, 4.69) is 54.8 Å². The Kier molecular flexibility index (Phi) is 7.95. The molecule has 3 amide bonds. The molecule has 2 aliphatic heterocycles. The molecule has 2 bridgehead atoms. The van der Waals surface area contributed by atoms with Crippen LogP contribution < -0.4 is 10.8 Å². The van der Waals surface area contributed by atoms with Gasteiger partial charge >= 0.3 is 6.03 Å². The lowest BCUT2D eigenvalue weighted by atomic mass is 9.97. The molecule has 4 rings (SSSR count). The van der Waals surface area contributed by atoms with Gasteiger partial charge < -0.3 is 14.7 Å². The SMILES string of the molecule is CN=C(NO[Si](C)(C)C(C)(C)C)[C@@H]1c2c(cnn2CCNC(C)=O)[C@@H]2CN1C(=O)N2OCc1ccccc1. The van der Waals surface area contributed by atoms with Gasteiger partial charge in [0.1, 0.15) is 24.5 Å². The van der Waals surface area contributed by atoms with Crippen molar-refractivity contribution in [1.82, 2.24) is 30.5 Å². The average Bonchev–Trinajstić information content (AvgIpc) is 3.39. The number of amidine groups is 1. The molecule has 0 saturated carbocycles. The lowest BCUT2D eigenvalue weighted by Gasteiger charge is -2.38. The van der Waals surface area contributed by atoms with Crippen LogP contribution in [0.5, 0.6) is 0 Å². The number of carbonyl (C=O) groups is 2. The van der Waals surface area contributed by atoms with Gasteiger partial charge in [-0.2, -0.15) is 10.2 Å². The number of aromatic nitrogens is 2. The number of urea groups is 1. The van der Waals surface area contributed by atoms with Gasteiger partial charge in [-0.05, 0) is 23.7 Å². The van der Waals surface area contributed by atoms with Crippen LogP contribution in [-0.4, -0.2) is 66.0 Å². The zero-order valence-corrected chi connectivity index (χ0v) is 24.3. The predicted molar refractivity (Wildman–Crippen MR) is 146 cm³/mol. The lowest BCUT2D eigenvalue weighted by molar-refractivity contribution is -0.141. The Morgan fingerprint density at radius 1 is 1.24 bits per heavy atom. The van der Waals surface area contributed by atoms with Crippen LogP contribution >= 0.6 is 0 Å². The highest BCUT2D eigenvalue weighted by atomic mass is 28.4. The van der Waals surface area contributed by atoms with Gasteiger partial charge in [-0.3, -0.25) is 24.8 Å². The number of fused-ring (bicyclic) bond motifs is 4. The topological polar surface area (TPSA) is 113 Å². The Labute approximate surface area is 225 Å². The molecule has 3 heterocycles. The van der Waals surface area contributed by atoms with Crippen LogP contribution in [0, 0.1) is 0 Å². The molecule has 1 aromatic heterocycles. The molecule has 0 spiro atoms. The first-order chi connectivity index (χ1) is 17.9. The highest BCUT2D eigenvalue weighted by Gasteiger charge is 2.52. The van der Waals surface area contributed by atoms with Gasteiger partial charge in [-0.15, -0.1) is 0 Å². The van der Waals surface area contributed by atoms with Crippen LogP contribution in [0.1, 0.15) is 56.6 Å². The van der Waals surface area contributed by atoms with E-state index in [9.17, 15) is 9.59 Å². The first-order valence-corrected chi connectivity index (χ1v) is 15.8. The van der Waals surface area contributed by atoms with E-state index in [0.29, 0.717) is 25.5 Å². The molecule has 0 unspecified atom stereocenters. The van der Waals surface area contributed by atoms with Crippen LogP contribution in [0.15, 0.2) is 41.5 Å². The van der Waals surface area contributed by atoms with Gasteiger partial charge in [-0.1, -0.05) is 51.1 Å². The molecule has 1 saturated heterocycles. The monoisotopic (exact) mass is 541 g/mol. The molecule has 2 atom stereocenters. The standard InChI is InChI=1S/C26H39N7O4Si/c1-18(34)28-13-14-32-22-20(15-29-32)21-16-31(25(35)33(21)36-17-19-11-9-8-10-12-19)23(22)24(27-5)30-37-38(6,7)26(2,3)4/h8-12,15,21,23H,13-14,16-17H2,1-7H3,(H,27,30)(H,28,34)/t21-,23-/m0/s1. The smallest absolute Gasteiger partial charge is 0.345 e. The fourth-order valence-corrected chi connectivity index (χ4v) is 5.03. The number of hydrogen-bond acceptors (Lipinski definition) is 6. The Hall–Kier alpha value is -3.22. The second kappa shape index (κ2) is 10.9. The molecular formula is C26H39N7O4Si. The van der Waals surface area contributed by atoms with Crippen LogP contribution in [0.25, 0.3) is 0 Å². The highest BCUT2D eigenvalue weighted by molar-refractivity contribution is 6.74. The minimum Gasteiger partial charge on any atom is -0.354 e. The van der Waals surface area contributed by atoms with Gasteiger partial charge in [0.2, 0.25) is 14.2 Å². The largest absolute Gasteiger partial charge is 0.354 e. The van der Waals surface area contributed by atoms with E-state index >= 15 is 0 Å². The number of nitrogens with one attached hydrogen (secondary N) is 2. The van der Waals surface area contributed by atoms with Crippen molar-refractivity contribution in [2.75, 3.05) is 20.1 Å². The molecule has 11 nitrogen and oxygen atoms in total. The van der Waals surface area contributed by atoms with Crippen LogP contribution in [0.2, 0.25) is 18.1 Å². The molecule has 1 aromatic carbocycles. The molecule has 12 heteroatoms. The summed E-state index contributed by atoms with van der Waals surface area (Å²) in [5.41, 5.74) is 5.84. The third-order valence-electron chi connectivity index (χ3n) is 7.55. The maximum atomic E-state index is 13.7. The Bertz CT molecular complexity index is 1190. The third-order valence-corrected chi connectivity index (χ3v) is 11.8. The third kappa shape index (κ3) is 5.47. The summed E-state index contributed by atoms with van der Waals surface area (Å²) >= 11 is 0. The van der Waals surface area contributed by atoms with Crippen molar-refractivity contribution in [2.45, 2.75) is 71.1 Å². The van der Waals surface area contributed by atoms with E-state index in [-0.39, 0.29) is 29.6 Å². The van der Waals surface area contributed by atoms with E-state index < -0.39 is 14.4 Å². The second-order valence-electron chi connectivity index (χ2n) is 11.2. The average molecular weight is 542 g/mol. The van der Waals surface area contributed by atoms with Crippen molar-refractivity contribution in [3.8, 4) is 0 Å². The van der Waals surface area contributed by atoms with Gasteiger partial charge in [-0.25, -0.2) is 4.79 Å². The Morgan fingerprint density at radius 2 is 1.95 bits per heavy atom. The number of nitrogens with zero attached hydrogens (tertiary/aromatic N) is 5. The lowest BCUT2D eigenvalue weighted by Crippen LogP contribution is -2.50. The van der Waals surface area contributed by atoms with Crippen molar-refractivity contribution in [3.05, 3.63) is 53.3 Å². The van der Waals surface area contributed by atoms with Crippen molar-refractivity contribution >= 4 is 26.1 Å². The molecule has 2 N–H and O–H groups in total. The zero-order chi connectivity index (χ0) is 27.7. The van der Waals surface area contributed by atoms with Crippen molar-refractivity contribution in [2.24, 2.45) is 4.99 Å². The number of hydrogen-bond donors (Lipinski definition) is 2. The highest BCUT2D eigenvalue weighted by Crippen LogP contribution is 2.44. The Balaban J connectivity index is 1.65. The molecule has 0 aliphatic carbocycles. The normalized spacial score (nSPS) is 19.6. The molecule has 2 aromatic rings. The maximum Gasteiger partial charge on any atom is 0.345 e. The summed E-state index contributed by atoms with van der Waals surface area (Å²) in [5, 5.41) is 8.89. The van der Waals surface area contributed by atoms with E-state index in [1.54, 1.807) is 18.1 Å². The van der Waals surface area contributed by atoms with Crippen LogP contribution in [0.4, 0.5) is 4.79 Å². The number of benzene rings is 1. The van der Waals surface area contributed by atoms with Crippen LogP contribution in [-0.2, 0) is 27.3 Å². The fourth-order valence-electron chi connectivity index (χ4n) is 4.36. The molecular weight excluding hydrogens is 502 g/mol. The number of rotatable bonds is 9. The van der Waals surface area contributed by atoms with Crippen molar-refractivity contribution in [3.63, 3.8) is 0 Å². The summed E-state index contributed by atoms with van der Waals surface area (Å²) in [6, 6.07) is 8.65. The molecule has 38 heavy (non-hydrogen) atoms.